The lowest BCUT2D eigenvalue weighted by molar-refractivity contribution is 0.826. The molecule has 0 amide bonds. The lowest BCUT2D eigenvalue weighted by Crippen LogP contribution is -2.36. The van der Waals surface area contributed by atoms with Crippen molar-refractivity contribution < 1.29 is 0 Å². The molecule has 1 aromatic carbocycles. The summed E-state index contributed by atoms with van der Waals surface area (Å²) in [6.07, 6.45) is 0.908. The highest BCUT2D eigenvalue weighted by Crippen LogP contribution is 2.21. The molecule has 2 aromatic rings. The molecule has 0 spiro atoms. The first-order valence-electron chi connectivity index (χ1n) is 5.65. The van der Waals surface area contributed by atoms with Gasteiger partial charge >= 0.3 is 0 Å². The van der Waals surface area contributed by atoms with Gasteiger partial charge in [-0.2, -0.15) is 0 Å². The van der Waals surface area contributed by atoms with Crippen LogP contribution in [-0.2, 0) is 6.42 Å². The molecule has 3 nitrogen and oxygen atoms in total. The monoisotopic (exact) mass is 265 g/mol. The van der Waals surface area contributed by atoms with Gasteiger partial charge in [0.05, 0.1) is 15.2 Å². The molecule has 0 radical (unpaired) electrons. The van der Waals surface area contributed by atoms with Crippen molar-refractivity contribution in [2.75, 3.05) is 13.1 Å². The maximum atomic E-state index is 5.09. The molecule has 5 heteroatoms. The predicted octanol–water partition coefficient (Wildman–Crippen LogP) is 2.32. The van der Waals surface area contributed by atoms with Crippen LogP contribution in [0.15, 0.2) is 24.3 Å². The average molecular weight is 265 g/mol. The molecule has 0 saturated carbocycles. The highest BCUT2D eigenvalue weighted by Gasteiger charge is 2.02. The summed E-state index contributed by atoms with van der Waals surface area (Å²) < 4.78 is 1.25. The van der Waals surface area contributed by atoms with Crippen LogP contribution in [0, 0.1) is 0 Å². The van der Waals surface area contributed by atoms with E-state index in [-0.39, 0.29) is 0 Å². The summed E-state index contributed by atoms with van der Waals surface area (Å²) in [4.78, 5) is 4.57. The van der Waals surface area contributed by atoms with Crippen molar-refractivity contribution in [1.82, 2.24) is 15.6 Å². The average Bonchev–Trinajstić information content (AvgIpc) is 2.71. The van der Waals surface area contributed by atoms with Crippen molar-refractivity contribution in [3.63, 3.8) is 0 Å². The van der Waals surface area contributed by atoms with Gasteiger partial charge in [0.25, 0.3) is 0 Å². The van der Waals surface area contributed by atoms with Gasteiger partial charge in [-0.15, -0.1) is 11.3 Å². The molecule has 17 heavy (non-hydrogen) atoms. The first kappa shape index (κ1) is 12.3. The highest BCUT2D eigenvalue weighted by atomic mass is 32.1. The number of nitrogens with zero attached hydrogens (tertiary/aromatic N) is 1. The Balaban J connectivity index is 1.89. The Morgan fingerprint density at radius 2 is 2.18 bits per heavy atom. The molecule has 0 atom stereocenters. The molecular weight excluding hydrogens is 250 g/mol. The van der Waals surface area contributed by atoms with E-state index in [0.717, 1.165) is 30.0 Å². The fraction of sp³-hybridized carbons (Fsp3) is 0.333. The molecule has 1 aromatic heterocycles. The molecule has 0 fully saturated rings. The van der Waals surface area contributed by atoms with Crippen LogP contribution in [0.5, 0.6) is 0 Å². The number of rotatable bonds is 4. The van der Waals surface area contributed by atoms with E-state index in [1.807, 2.05) is 25.1 Å². The first-order chi connectivity index (χ1) is 8.29. The van der Waals surface area contributed by atoms with Gasteiger partial charge in [0.1, 0.15) is 0 Å². The minimum Gasteiger partial charge on any atom is -0.363 e. The molecule has 1 heterocycles. The second-order valence-corrected chi connectivity index (χ2v) is 5.14. The van der Waals surface area contributed by atoms with Crippen LogP contribution >= 0.6 is 23.6 Å². The van der Waals surface area contributed by atoms with Crippen molar-refractivity contribution >= 4 is 38.9 Å². The standard InChI is InChI=1S/C12H15N3S2/c1-2-13-12(16)14-8-7-11-15-9-5-3-4-6-10(9)17-11/h3-6H,2,7-8H2,1H3,(H2,13,14,16). The second kappa shape index (κ2) is 5.93. The summed E-state index contributed by atoms with van der Waals surface area (Å²) in [7, 11) is 0. The normalized spacial score (nSPS) is 10.4. The quantitative estimate of drug-likeness (QED) is 0.832. The van der Waals surface area contributed by atoms with Crippen molar-refractivity contribution in [2.24, 2.45) is 0 Å². The van der Waals surface area contributed by atoms with Crippen LogP contribution in [0.3, 0.4) is 0 Å². The highest BCUT2D eigenvalue weighted by molar-refractivity contribution is 7.80. The summed E-state index contributed by atoms with van der Waals surface area (Å²) in [5.41, 5.74) is 1.08. The van der Waals surface area contributed by atoms with E-state index >= 15 is 0 Å². The second-order valence-electron chi connectivity index (χ2n) is 3.61. The molecule has 2 N–H and O–H groups in total. The number of thiazole rings is 1. The molecular formula is C12H15N3S2. The molecule has 0 aliphatic heterocycles. The Morgan fingerprint density at radius 3 is 2.94 bits per heavy atom. The Morgan fingerprint density at radius 1 is 1.35 bits per heavy atom. The van der Waals surface area contributed by atoms with Gasteiger partial charge in [0.2, 0.25) is 0 Å². The van der Waals surface area contributed by atoms with Crippen LogP contribution in [0.1, 0.15) is 11.9 Å². The number of fused-ring (bicyclic) bond motifs is 1. The van der Waals surface area contributed by atoms with Crippen LogP contribution in [-0.4, -0.2) is 23.2 Å². The Bertz CT molecular complexity index is 474. The fourth-order valence-electron chi connectivity index (χ4n) is 1.53. The number of thiocarbonyl (C=S) groups is 1. The summed E-state index contributed by atoms with van der Waals surface area (Å²) >= 11 is 6.84. The van der Waals surface area contributed by atoms with Gasteiger partial charge in [-0.25, -0.2) is 4.98 Å². The Hall–Kier alpha value is -1.20. The third-order valence-corrected chi connectivity index (χ3v) is 3.68. The van der Waals surface area contributed by atoms with Crippen molar-refractivity contribution in [3.05, 3.63) is 29.3 Å². The zero-order valence-corrected chi connectivity index (χ0v) is 11.3. The number of hydrogen-bond acceptors (Lipinski definition) is 3. The number of nitrogens with one attached hydrogen (secondary N) is 2. The Labute approximate surface area is 110 Å². The topological polar surface area (TPSA) is 37.0 Å². The Kier molecular flexibility index (Phi) is 4.28. The van der Waals surface area contributed by atoms with Gasteiger partial charge in [0.15, 0.2) is 5.11 Å². The maximum absolute atomic E-state index is 5.09. The van der Waals surface area contributed by atoms with Crippen LogP contribution in [0.25, 0.3) is 10.2 Å². The largest absolute Gasteiger partial charge is 0.363 e. The van der Waals surface area contributed by atoms with E-state index in [2.05, 4.69) is 21.7 Å². The van der Waals surface area contributed by atoms with Gasteiger partial charge in [-0.05, 0) is 31.3 Å². The third-order valence-electron chi connectivity index (χ3n) is 2.30. The van der Waals surface area contributed by atoms with Crippen molar-refractivity contribution in [2.45, 2.75) is 13.3 Å². The summed E-state index contributed by atoms with van der Waals surface area (Å²) in [6, 6.07) is 8.21. The molecule has 0 saturated heterocycles. The van der Waals surface area contributed by atoms with Gasteiger partial charge in [-0.1, -0.05) is 12.1 Å². The third kappa shape index (κ3) is 3.38. The van der Waals surface area contributed by atoms with Crippen molar-refractivity contribution in [3.8, 4) is 0 Å². The van der Waals surface area contributed by atoms with Crippen LogP contribution in [0.2, 0.25) is 0 Å². The molecule has 2 rings (SSSR count). The molecule has 0 aliphatic rings. The maximum Gasteiger partial charge on any atom is 0.166 e. The number of hydrogen-bond donors (Lipinski definition) is 2. The van der Waals surface area contributed by atoms with Gasteiger partial charge in [-0.3, -0.25) is 0 Å². The molecule has 0 unspecified atom stereocenters. The lowest BCUT2D eigenvalue weighted by atomic mass is 10.3. The van der Waals surface area contributed by atoms with E-state index in [0.29, 0.717) is 5.11 Å². The zero-order chi connectivity index (χ0) is 12.1. The minimum absolute atomic E-state index is 0.716. The molecule has 90 valence electrons. The number of aromatic nitrogens is 1. The first-order valence-corrected chi connectivity index (χ1v) is 6.88. The van der Waals surface area contributed by atoms with E-state index in [1.54, 1.807) is 11.3 Å². The predicted molar refractivity (Wildman–Crippen MR) is 77.6 cm³/mol. The molecule has 0 aliphatic carbocycles. The lowest BCUT2D eigenvalue weighted by Gasteiger charge is -2.06. The van der Waals surface area contributed by atoms with E-state index < -0.39 is 0 Å². The van der Waals surface area contributed by atoms with Gasteiger partial charge in [0, 0.05) is 19.5 Å². The number of para-hydroxylation sites is 1. The van der Waals surface area contributed by atoms with E-state index in [1.165, 1.54) is 4.70 Å². The van der Waals surface area contributed by atoms with Gasteiger partial charge < -0.3 is 10.6 Å². The molecule has 0 bridgehead atoms. The summed E-state index contributed by atoms with van der Waals surface area (Å²) in [5.74, 6) is 0. The zero-order valence-electron chi connectivity index (χ0n) is 9.69. The van der Waals surface area contributed by atoms with Crippen molar-refractivity contribution in [1.29, 1.82) is 0 Å². The number of benzene rings is 1. The minimum atomic E-state index is 0.716. The fourth-order valence-corrected chi connectivity index (χ4v) is 2.75. The van der Waals surface area contributed by atoms with E-state index in [9.17, 15) is 0 Å². The smallest absolute Gasteiger partial charge is 0.166 e. The summed E-state index contributed by atoms with van der Waals surface area (Å²) in [6.45, 7) is 3.71. The summed E-state index contributed by atoms with van der Waals surface area (Å²) in [5, 5.41) is 8.09. The SMILES string of the molecule is CCNC(=S)NCCc1nc2ccccc2s1. The van der Waals surface area contributed by atoms with Crippen LogP contribution < -0.4 is 10.6 Å². The van der Waals surface area contributed by atoms with Crippen LogP contribution in [0.4, 0.5) is 0 Å². The van der Waals surface area contributed by atoms with E-state index in [4.69, 9.17) is 12.2 Å².